The van der Waals surface area contributed by atoms with Gasteiger partial charge in [0.25, 0.3) is 0 Å². The third-order valence-corrected chi connectivity index (χ3v) is 4.68. The van der Waals surface area contributed by atoms with E-state index in [1.54, 1.807) is 6.21 Å². The topological polar surface area (TPSA) is 44.6 Å². The molecule has 2 N–H and O–H groups in total. The Bertz CT molecular complexity index is 727. The first-order chi connectivity index (χ1) is 11.6. The first kappa shape index (κ1) is 17.0. The Hall–Kier alpha value is -1.84. The van der Waals surface area contributed by atoms with Crippen LogP contribution in [0.2, 0.25) is 5.02 Å². The normalized spacial score (nSPS) is 18.6. The average molecular weight is 343 g/mol. The van der Waals surface area contributed by atoms with Crippen LogP contribution < -0.4 is 5.32 Å². The van der Waals surface area contributed by atoms with E-state index in [1.807, 2.05) is 42.5 Å². The van der Waals surface area contributed by atoms with Crippen LogP contribution in [-0.2, 0) is 5.60 Å². The molecule has 0 fully saturated rings. The summed E-state index contributed by atoms with van der Waals surface area (Å²) in [6.45, 7) is 2.19. The second-order valence-electron chi connectivity index (χ2n) is 6.36. The molecule has 1 unspecified atom stereocenters. The van der Waals surface area contributed by atoms with Gasteiger partial charge in [-0.25, -0.2) is 0 Å². The number of anilines is 2. The Kier molecular flexibility index (Phi) is 5.22. The van der Waals surface area contributed by atoms with Gasteiger partial charge in [-0.05, 0) is 55.3 Å². The third-order valence-electron chi connectivity index (χ3n) is 4.42. The standard InChI is InChI=1S/C20H23ClN2O/c1-2-3-4-5-12-20(24)14-22-19-11-10-17(13-18(19)20)23-16-8-6-15(21)7-9-16/h6-11,13-14,23-24H,2-5,12H2,1H3. The number of benzene rings is 2. The summed E-state index contributed by atoms with van der Waals surface area (Å²) in [5.74, 6) is 0. The minimum atomic E-state index is -0.944. The van der Waals surface area contributed by atoms with Crippen LogP contribution in [0, 0.1) is 0 Å². The molecule has 1 atom stereocenters. The van der Waals surface area contributed by atoms with Gasteiger partial charge in [-0.3, -0.25) is 4.99 Å². The largest absolute Gasteiger partial charge is 0.379 e. The Morgan fingerprint density at radius 2 is 1.79 bits per heavy atom. The van der Waals surface area contributed by atoms with Gasteiger partial charge in [0, 0.05) is 28.2 Å². The maximum atomic E-state index is 11.0. The van der Waals surface area contributed by atoms with Crippen molar-refractivity contribution in [1.29, 1.82) is 0 Å². The van der Waals surface area contributed by atoms with Crippen molar-refractivity contribution in [1.82, 2.24) is 0 Å². The average Bonchev–Trinajstić information content (AvgIpc) is 2.91. The maximum absolute atomic E-state index is 11.0. The molecule has 4 heteroatoms. The predicted molar refractivity (Wildman–Crippen MR) is 102 cm³/mol. The van der Waals surface area contributed by atoms with E-state index < -0.39 is 5.60 Å². The fraction of sp³-hybridized carbons (Fsp3) is 0.350. The quantitative estimate of drug-likeness (QED) is 0.610. The van der Waals surface area contributed by atoms with E-state index in [4.69, 9.17) is 11.6 Å². The van der Waals surface area contributed by atoms with Gasteiger partial charge < -0.3 is 10.4 Å². The molecule has 3 rings (SSSR count). The second kappa shape index (κ2) is 7.37. The summed E-state index contributed by atoms with van der Waals surface area (Å²) in [7, 11) is 0. The Labute approximate surface area is 148 Å². The molecule has 2 aromatic rings. The van der Waals surface area contributed by atoms with Crippen LogP contribution in [0.3, 0.4) is 0 Å². The van der Waals surface area contributed by atoms with Gasteiger partial charge in [-0.1, -0.05) is 37.8 Å². The van der Waals surface area contributed by atoms with Crippen molar-refractivity contribution in [2.45, 2.75) is 44.6 Å². The zero-order valence-electron chi connectivity index (χ0n) is 13.9. The molecule has 1 heterocycles. The highest BCUT2D eigenvalue weighted by atomic mass is 35.5. The molecule has 1 aliphatic rings. The summed E-state index contributed by atoms with van der Waals surface area (Å²) in [4.78, 5) is 4.39. The molecular formula is C20H23ClN2O. The number of unbranched alkanes of at least 4 members (excludes halogenated alkanes) is 3. The highest BCUT2D eigenvalue weighted by Crippen LogP contribution is 2.40. The summed E-state index contributed by atoms with van der Waals surface area (Å²) < 4.78 is 0. The van der Waals surface area contributed by atoms with E-state index in [-0.39, 0.29) is 0 Å². The first-order valence-corrected chi connectivity index (χ1v) is 8.93. The van der Waals surface area contributed by atoms with Crippen molar-refractivity contribution >= 4 is 34.9 Å². The van der Waals surface area contributed by atoms with E-state index in [2.05, 4.69) is 17.2 Å². The second-order valence-corrected chi connectivity index (χ2v) is 6.79. The predicted octanol–water partition coefficient (Wildman–Crippen LogP) is 5.96. The third kappa shape index (κ3) is 3.80. The van der Waals surface area contributed by atoms with Gasteiger partial charge in [0.15, 0.2) is 0 Å². The maximum Gasteiger partial charge on any atom is 0.127 e. The van der Waals surface area contributed by atoms with Crippen LogP contribution in [0.15, 0.2) is 47.5 Å². The zero-order chi connectivity index (χ0) is 17.0. The minimum absolute atomic E-state index is 0.712. The lowest BCUT2D eigenvalue weighted by Crippen LogP contribution is -2.24. The summed E-state index contributed by atoms with van der Waals surface area (Å²) in [6.07, 6.45) is 6.95. The van der Waals surface area contributed by atoms with Crippen LogP contribution >= 0.6 is 11.6 Å². The molecule has 3 nitrogen and oxygen atoms in total. The molecule has 0 aliphatic carbocycles. The molecule has 0 bridgehead atoms. The van der Waals surface area contributed by atoms with Gasteiger partial charge >= 0.3 is 0 Å². The Balaban J connectivity index is 1.75. The number of hydrogen-bond donors (Lipinski definition) is 2. The summed E-state index contributed by atoms with van der Waals surface area (Å²) >= 11 is 5.92. The zero-order valence-corrected chi connectivity index (χ0v) is 14.7. The van der Waals surface area contributed by atoms with E-state index in [1.165, 1.54) is 12.8 Å². The molecule has 2 aromatic carbocycles. The fourth-order valence-corrected chi connectivity index (χ4v) is 3.17. The molecule has 126 valence electrons. The SMILES string of the molecule is CCCCCCC1(O)C=Nc2ccc(Nc3ccc(Cl)cc3)cc21. The van der Waals surface area contributed by atoms with Crippen LogP contribution in [0.4, 0.5) is 17.1 Å². The Morgan fingerprint density at radius 3 is 2.54 bits per heavy atom. The van der Waals surface area contributed by atoms with Crippen LogP contribution in [0.1, 0.15) is 44.6 Å². The van der Waals surface area contributed by atoms with Crippen molar-refractivity contribution in [2.24, 2.45) is 4.99 Å². The number of hydrogen-bond acceptors (Lipinski definition) is 3. The number of aliphatic imine (C=N–C) groups is 1. The Morgan fingerprint density at radius 1 is 1.04 bits per heavy atom. The number of fused-ring (bicyclic) bond motifs is 1. The molecule has 1 aliphatic heterocycles. The van der Waals surface area contributed by atoms with Crippen LogP contribution in [0.5, 0.6) is 0 Å². The monoisotopic (exact) mass is 342 g/mol. The minimum Gasteiger partial charge on any atom is -0.379 e. The number of nitrogens with zero attached hydrogens (tertiary/aromatic N) is 1. The molecule has 0 spiro atoms. The molecule has 0 radical (unpaired) electrons. The lowest BCUT2D eigenvalue weighted by molar-refractivity contribution is 0.107. The van der Waals surface area contributed by atoms with Crippen molar-refractivity contribution < 1.29 is 5.11 Å². The highest BCUT2D eigenvalue weighted by Gasteiger charge is 2.33. The van der Waals surface area contributed by atoms with Crippen LogP contribution in [-0.4, -0.2) is 11.3 Å². The molecule has 0 amide bonds. The summed E-state index contributed by atoms with van der Waals surface area (Å²) in [5.41, 5.74) is 2.70. The lowest BCUT2D eigenvalue weighted by atomic mass is 9.90. The van der Waals surface area contributed by atoms with Gasteiger partial charge in [0.1, 0.15) is 5.60 Å². The molecule has 0 aromatic heterocycles. The van der Waals surface area contributed by atoms with Gasteiger partial charge in [0.05, 0.1) is 5.69 Å². The number of nitrogens with one attached hydrogen (secondary N) is 1. The highest BCUT2D eigenvalue weighted by molar-refractivity contribution is 6.30. The van der Waals surface area contributed by atoms with Crippen molar-refractivity contribution in [3.05, 3.63) is 53.1 Å². The molecule has 0 saturated carbocycles. The van der Waals surface area contributed by atoms with Crippen molar-refractivity contribution in [2.75, 3.05) is 5.32 Å². The fourth-order valence-electron chi connectivity index (χ4n) is 3.04. The van der Waals surface area contributed by atoms with E-state index >= 15 is 0 Å². The molecular weight excluding hydrogens is 320 g/mol. The van der Waals surface area contributed by atoms with Crippen molar-refractivity contribution in [3.8, 4) is 0 Å². The van der Waals surface area contributed by atoms with Crippen molar-refractivity contribution in [3.63, 3.8) is 0 Å². The number of halogens is 1. The van der Waals surface area contributed by atoms with Gasteiger partial charge in [0.2, 0.25) is 0 Å². The summed E-state index contributed by atoms with van der Waals surface area (Å²) in [5, 5.41) is 15.0. The lowest BCUT2D eigenvalue weighted by Gasteiger charge is -2.22. The van der Waals surface area contributed by atoms with Crippen LogP contribution in [0.25, 0.3) is 0 Å². The van der Waals surface area contributed by atoms with E-state index in [0.29, 0.717) is 11.4 Å². The molecule has 24 heavy (non-hydrogen) atoms. The smallest absolute Gasteiger partial charge is 0.127 e. The summed E-state index contributed by atoms with van der Waals surface area (Å²) in [6, 6.07) is 13.5. The van der Waals surface area contributed by atoms with Gasteiger partial charge in [-0.15, -0.1) is 0 Å². The number of aliphatic hydroxyl groups is 1. The first-order valence-electron chi connectivity index (χ1n) is 8.55. The number of rotatable bonds is 7. The van der Waals surface area contributed by atoms with Gasteiger partial charge in [-0.2, -0.15) is 0 Å². The van der Waals surface area contributed by atoms with E-state index in [0.717, 1.165) is 35.5 Å². The molecule has 0 saturated heterocycles. The van der Waals surface area contributed by atoms with E-state index in [9.17, 15) is 5.11 Å².